The van der Waals surface area contributed by atoms with Crippen LogP contribution in [0.1, 0.15) is 30.7 Å². The topological polar surface area (TPSA) is 85.2 Å². The second-order valence-electron chi connectivity index (χ2n) is 9.25. The van der Waals surface area contributed by atoms with E-state index in [2.05, 4.69) is 40.0 Å². The Labute approximate surface area is 166 Å². The fourth-order valence-electron chi connectivity index (χ4n) is 3.67. The summed E-state index contributed by atoms with van der Waals surface area (Å²) >= 11 is 0. The maximum Gasteiger partial charge on any atom is 0.240 e. The van der Waals surface area contributed by atoms with Crippen LogP contribution >= 0.6 is 0 Å². The normalized spacial score (nSPS) is 17.9. The van der Waals surface area contributed by atoms with Crippen LogP contribution in [0.4, 0.5) is 5.82 Å². The molecular weight excluding hydrogens is 372 g/mol. The van der Waals surface area contributed by atoms with Gasteiger partial charge in [-0.25, -0.2) is 14.6 Å². The van der Waals surface area contributed by atoms with Crippen LogP contribution in [-0.2, 0) is 28.0 Å². The molecule has 2 aromatic rings. The zero-order valence-corrected chi connectivity index (χ0v) is 18.2. The largest absolute Gasteiger partial charge is 0.361 e. The molecule has 0 radical (unpaired) electrons. The highest BCUT2D eigenvalue weighted by molar-refractivity contribution is 6.76. The quantitative estimate of drug-likeness (QED) is 0.591. The van der Waals surface area contributed by atoms with Gasteiger partial charge >= 0.3 is 0 Å². The highest BCUT2D eigenvalue weighted by atomic mass is 28.3. The number of nitrogens with one attached hydrogen (secondary N) is 1. The molecule has 0 atom stereocenters. The minimum atomic E-state index is -1.18. The Balaban J connectivity index is 1.64. The second-order valence-corrected chi connectivity index (χ2v) is 14.9. The summed E-state index contributed by atoms with van der Waals surface area (Å²) in [5, 5.41) is 7.95. The van der Waals surface area contributed by atoms with Crippen molar-refractivity contribution < 1.29 is 9.53 Å². The number of carbonyl (C=O) groups excluding carboxylic acids is 1. The van der Waals surface area contributed by atoms with Crippen molar-refractivity contribution in [2.75, 3.05) is 18.2 Å². The van der Waals surface area contributed by atoms with Gasteiger partial charge in [0, 0.05) is 39.5 Å². The number of ether oxygens (including phenoxy) is 1. The number of aromatic nitrogens is 4. The van der Waals surface area contributed by atoms with E-state index >= 15 is 0 Å². The van der Waals surface area contributed by atoms with Gasteiger partial charge in [-0.15, -0.1) is 0 Å². The van der Waals surface area contributed by atoms with E-state index in [0.717, 1.165) is 30.4 Å². The SMILES string of the molecule is CC1(C)C(=O)N(COCC[Si](C)(C)C)c2ncnc(-n3cc4c(n3)CNC4)c21. The number of anilines is 1. The molecule has 8 nitrogen and oxygen atoms in total. The molecule has 0 unspecified atom stereocenters. The summed E-state index contributed by atoms with van der Waals surface area (Å²) in [6.07, 6.45) is 3.49. The van der Waals surface area contributed by atoms with Gasteiger partial charge in [-0.3, -0.25) is 9.69 Å². The maximum atomic E-state index is 13.1. The van der Waals surface area contributed by atoms with E-state index in [1.807, 2.05) is 20.0 Å². The molecule has 0 saturated carbocycles. The summed E-state index contributed by atoms with van der Waals surface area (Å²) in [4.78, 5) is 23.7. The molecule has 150 valence electrons. The smallest absolute Gasteiger partial charge is 0.240 e. The summed E-state index contributed by atoms with van der Waals surface area (Å²) in [5.74, 6) is 1.28. The van der Waals surface area contributed by atoms with Gasteiger partial charge in [0.05, 0.1) is 16.7 Å². The van der Waals surface area contributed by atoms with E-state index in [0.29, 0.717) is 18.2 Å². The standard InChI is InChI=1S/C19H28N6O2Si/c1-19(2)15-16(24(18(19)26)12-27-6-7-28(3,4)5)21-11-22-17(15)25-10-13-8-20-9-14(13)23-25/h10-11,20H,6-9,12H2,1-5H3. The van der Waals surface area contributed by atoms with Gasteiger partial charge in [0.15, 0.2) is 5.82 Å². The van der Waals surface area contributed by atoms with Crippen LogP contribution in [0, 0.1) is 0 Å². The van der Waals surface area contributed by atoms with Crippen molar-refractivity contribution >= 4 is 19.8 Å². The molecule has 28 heavy (non-hydrogen) atoms. The number of amides is 1. The van der Waals surface area contributed by atoms with Crippen molar-refractivity contribution in [2.24, 2.45) is 0 Å². The lowest BCUT2D eigenvalue weighted by Crippen LogP contribution is -2.38. The van der Waals surface area contributed by atoms with Crippen LogP contribution in [0.5, 0.6) is 0 Å². The van der Waals surface area contributed by atoms with Crippen LogP contribution < -0.4 is 10.2 Å². The molecule has 1 N–H and O–H groups in total. The first-order valence-corrected chi connectivity index (χ1v) is 13.4. The third-order valence-corrected chi connectivity index (χ3v) is 7.09. The van der Waals surface area contributed by atoms with Crippen molar-refractivity contribution in [3.8, 4) is 5.82 Å². The summed E-state index contributed by atoms with van der Waals surface area (Å²) in [6, 6.07) is 1.06. The highest BCUT2D eigenvalue weighted by Crippen LogP contribution is 2.42. The number of hydrogen-bond donors (Lipinski definition) is 1. The molecule has 2 aromatic heterocycles. The van der Waals surface area contributed by atoms with E-state index in [1.165, 1.54) is 11.9 Å². The van der Waals surface area contributed by atoms with E-state index in [9.17, 15) is 4.79 Å². The monoisotopic (exact) mass is 400 g/mol. The van der Waals surface area contributed by atoms with Crippen LogP contribution in [0.25, 0.3) is 5.82 Å². The molecule has 4 heterocycles. The first kappa shape index (κ1) is 19.2. The lowest BCUT2D eigenvalue weighted by molar-refractivity contribution is -0.123. The molecule has 2 aliphatic rings. The molecule has 9 heteroatoms. The van der Waals surface area contributed by atoms with E-state index < -0.39 is 13.5 Å². The summed E-state index contributed by atoms with van der Waals surface area (Å²) in [6.45, 7) is 13.2. The fourth-order valence-corrected chi connectivity index (χ4v) is 4.42. The zero-order chi connectivity index (χ0) is 20.1. The van der Waals surface area contributed by atoms with E-state index in [-0.39, 0.29) is 12.6 Å². The van der Waals surface area contributed by atoms with Gasteiger partial charge in [0.25, 0.3) is 0 Å². The summed E-state index contributed by atoms with van der Waals surface area (Å²) in [7, 11) is -1.18. The third-order valence-electron chi connectivity index (χ3n) is 5.39. The predicted molar refractivity (Wildman–Crippen MR) is 109 cm³/mol. The van der Waals surface area contributed by atoms with Gasteiger partial charge in [0.2, 0.25) is 5.91 Å². The van der Waals surface area contributed by atoms with Gasteiger partial charge in [-0.1, -0.05) is 19.6 Å². The molecule has 0 aliphatic carbocycles. The lowest BCUT2D eigenvalue weighted by atomic mass is 9.87. The van der Waals surface area contributed by atoms with Crippen molar-refractivity contribution in [3.63, 3.8) is 0 Å². The van der Waals surface area contributed by atoms with E-state index in [1.54, 1.807) is 9.58 Å². The number of hydrogen-bond acceptors (Lipinski definition) is 6. The van der Waals surface area contributed by atoms with Crippen molar-refractivity contribution in [2.45, 2.75) is 58.0 Å². The van der Waals surface area contributed by atoms with Crippen LogP contribution in [0.3, 0.4) is 0 Å². The van der Waals surface area contributed by atoms with Crippen LogP contribution in [0.15, 0.2) is 12.5 Å². The molecule has 0 spiro atoms. The Morgan fingerprint density at radius 2 is 1.96 bits per heavy atom. The van der Waals surface area contributed by atoms with Gasteiger partial charge in [0.1, 0.15) is 18.9 Å². The average molecular weight is 401 g/mol. The van der Waals surface area contributed by atoms with Crippen molar-refractivity contribution in [1.29, 1.82) is 0 Å². The minimum Gasteiger partial charge on any atom is -0.361 e. The molecule has 0 aromatic carbocycles. The van der Waals surface area contributed by atoms with E-state index in [4.69, 9.17) is 4.74 Å². The lowest BCUT2D eigenvalue weighted by Gasteiger charge is -2.21. The van der Waals surface area contributed by atoms with Crippen molar-refractivity contribution in [3.05, 3.63) is 29.3 Å². The van der Waals surface area contributed by atoms with Gasteiger partial charge in [-0.05, 0) is 19.9 Å². The fraction of sp³-hybridized carbons (Fsp3) is 0.579. The Kier molecular flexibility index (Phi) is 4.63. The molecule has 2 aliphatic heterocycles. The molecule has 0 fully saturated rings. The maximum absolute atomic E-state index is 13.1. The first-order valence-electron chi connectivity index (χ1n) is 9.72. The van der Waals surface area contributed by atoms with Gasteiger partial charge in [-0.2, -0.15) is 5.10 Å². The first-order chi connectivity index (χ1) is 13.2. The predicted octanol–water partition coefficient (Wildman–Crippen LogP) is 2.20. The molecule has 1 amide bonds. The average Bonchev–Trinajstić information content (AvgIpc) is 3.25. The third kappa shape index (κ3) is 3.27. The Morgan fingerprint density at radius 1 is 1.21 bits per heavy atom. The minimum absolute atomic E-state index is 0.0152. The molecule has 4 rings (SSSR count). The number of carbonyl (C=O) groups is 1. The van der Waals surface area contributed by atoms with Crippen LogP contribution in [0.2, 0.25) is 25.7 Å². The van der Waals surface area contributed by atoms with Crippen molar-refractivity contribution in [1.82, 2.24) is 25.1 Å². The zero-order valence-electron chi connectivity index (χ0n) is 17.2. The van der Waals surface area contributed by atoms with Gasteiger partial charge < -0.3 is 10.1 Å². The molecule has 0 saturated heterocycles. The number of fused-ring (bicyclic) bond motifs is 2. The van der Waals surface area contributed by atoms with Crippen LogP contribution in [-0.4, -0.2) is 47.1 Å². The number of rotatable bonds is 6. The Hall–Kier alpha value is -2.10. The Morgan fingerprint density at radius 3 is 2.68 bits per heavy atom. The highest BCUT2D eigenvalue weighted by Gasteiger charge is 2.48. The summed E-state index contributed by atoms with van der Waals surface area (Å²) < 4.78 is 7.65. The molecular formula is C19H28N6O2Si. The molecule has 0 bridgehead atoms. The summed E-state index contributed by atoms with van der Waals surface area (Å²) in [5.41, 5.74) is 2.27. The Bertz CT molecular complexity index is 896. The number of nitrogens with zero attached hydrogens (tertiary/aromatic N) is 5. The second kappa shape index (κ2) is 6.75.